The van der Waals surface area contributed by atoms with Gasteiger partial charge in [-0.25, -0.2) is 4.39 Å². The number of rotatable bonds is 6. The summed E-state index contributed by atoms with van der Waals surface area (Å²) in [4.78, 5) is 10.9. The molecule has 0 heterocycles. The van der Waals surface area contributed by atoms with E-state index in [-0.39, 0.29) is 16.8 Å². The first-order chi connectivity index (χ1) is 10.5. The fourth-order valence-electron chi connectivity index (χ4n) is 2.03. The summed E-state index contributed by atoms with van der Waals surface area (Å²) in [5.74, 6) is -1.03. The largest absolute Gasteiger partial charge is 0.480 e. The Kier molecular flexibility index (Phi) is 5.57. The van der Waals surface area contributed by atoms with Gasteiger partial charge >= 0.3 is 5.97 Å². The lowest BCUT2D eigenvalue weighted by molar-refractivity contribution is -0.137. The van der Waals surface area contributed by atoms with Gasteiger partial charge in [0.1, 0.15) is 11.9 Å². The van der Waals surface area contributed by atoms with Crippen LogP contribution in [0.15, 0.2) is 48.5 Å². The van der Waals surface area contributed by atoms with E-state index in [9.17, 15) is 9.18 Å². The van der Waals surface area contributed by atoms with Crippen LogP contribution in [0.3, 0.4) is 0 Å². The van der Waals surface area contributed by atoms with Gasteiger partial charge in [0, 0.05) is 5.75 Å². The van der Waals surface area contributed by atoms with Crippen molar-refractivity contribution in [2.24, 2.45) is 5.73 Å². The molecule has 0 bridgehead atoms. The van der Waals surface area contributed by atoms with Crippen molar-refractivity contribution in [1.82, 2.24) is 0 Å². The minimum atomic E-state index is -1.02. The first-order valence-electron chi connectivity index (χ1n) is 6.89. The highest BCUT2D eigenvalue weighted by Gasteiger charge is 2.19. The zero-order valence-electron chi connectivity index (χ0n) is 12.2. The van der Waals surface area contributed by atoms with Crippen LogP contribution in [0.4, 0.5) is 4.39 Å². The molecule has 5 heteroatoms. The number of halogens is 1. The third kappa shape index (κ3) is 4.32. The Balaban J connectivity index is 2.25. The smallest absolute Gasteiger partial charge is 0.321 e. The fourth-order valence-corrected chi connectivity index (χ4v) is 3.28. The number of hydrogen-bond donors (Lipinski definition) is 2. The van der Waals surface area contributed by atoms with Gasteiger partial charge in [-0.1, -0.05) is 42.0 Å². The Morgan fingerprint density at radius 2 is 1.64 bits per heavy atom. The molecule has 2 aromatic carbocycles. The molecular weight excluding hydrogens is 301 g/mol. The minimum Gasteiger partial charge on any atom is -0.480 e. The molecule has 0 spiro atoms. The number of carbonyl (C=O) groups is 1. The summed E-state index contributed by atoms with van der Waals surface area (Å²) in [5.41, 5.74) is 8.70. The van der Waals surface area contributed by atoms with Crippen LogP contribution < -0.4 is 5.73 Å². The van der Waals surface area contributed by atoms with Gasteiger partial charge in [-0.3, -0.25) is 4.79 Å². The third-order valence-corrected chi connectivity index (χ3v) is 4.74. The van der Waals surface area contributed by atoms with Gasteiger partial charge in [0.15, 0.2) is 0 Å². The second-order valence-electron chi connectivity index (χ2n) is 5.12. The number of aliphatic carboxylic acids is 1. The third-order valence-electron chi connectivity index (χ3n) is 3.31. The van der Waals surface area contributed by atoms with Crippen molar-refractivity contribution in [3.8, 4) is 0 Å². The second-order valence-corrected chi connectivity index (χ2v) is 6.26. The molecule has 2 atom stereocenters. The average molecular weight is 319 g/mol. The van der Waals surface area contributed by atoms with E-state index in [4.69, 9.17) is 10.8 Å². The predicted octanol–water partition coefficient (Wildman–Crippen LogP) is 3.37. The zero-order chi connectivity index (χ0) is 16.1. The Morgan fingerprint density at radius 3 is 2.14 bits per heavy atom. The molecule has 2 rings (SSSR count). The van der Waals surface area contributed by atoms with E-state index >= 15 is 0 Å². The molecule has 0 saturated heterocycles. The van der Waals surface area contributed by atoms with Crippen molar-refractivity contribution in [2.75, 3.05) is 5.75 Å². The van der Waals surface area contributed by atoms with Gasteiger partial charge in [-0.05, 0) is 30.2 Å². The number of carboxylic acid groups (broad SMARTS) is 1. The number of hydrogen-bond acceptors (Lipinski definition) is 3. The van der Waals surface area contributed by atoms with Crippen LogP contribution in [-0.2, 0) is 4.79 Å². The first kappa shape index (κ1) is 16.5. The molecule has 0 aliphatic heterocycles. The predicted molar refractivity (Wildman–Crippen MR) is 87.5 cm³/mol. The van der Waals surface area contributed by atoms with Crippen molar-refractivity contribution in [2.45, 2.75) is 18.2 Å². The summed E-state index contributed by atoms with van der Waals surface area (Å²) in [5, 5.41) is 8.84. The van der Waals surface area contributed by atoms with E-state index in [1.807, 2.05) is 31.2 Å². The van der Waals surface area contributed by atoms with E-state index < -0.39 is 12.0 Å². The maximum atomic E-state index is 13.1. The topological polar surface area (TPSA) is 63.3 Å². The minimum absolute atomic E-state index is 0.0772. The number of benzene rings is 2. The summed E-state index contributed by atoms with van der Waals surface area (Å²) in [6, 6.07) is 13.4. The standard InChI is InChI=1S/C17H18FNO2S/c1-11-2-4-12(5-3-11)16(22-10-15(19)17(20)21)13-6-8-14(18)9-7-13/h2-9,15-16H,10,19H2,1H3,(H,20,21). The van der Waals surface area contributed by atoms with Crippen LogP contribution in [0.1, 0.15) is 21.9 Å². The van der Waals surface area contributed by atoms with Crippen molar-refractivity contribution in [3.63, 3.8) is 0 Å². The number of carboxylic acids is 1. The average Bonchev–Trinajstić information content (AvgIpc) is 2.50. The maximum Gasteiger partial charge on any atom is 0.321 e. The lowest BCUT2D eigenvalue weighted by Gasteiger charge is -2.19. The van der Waals surface area contributed by atoms with Crippen LogP contribution >= 0.6 is 11.8 Å². The lowest BCUT2D eigenvalue weighted by atomic mass is 10.0. The maximum absolute atomic E-state index is 13.1. The van der Waals surface area contributed by atoms with Gasteiger partial charge in [0.05, 0.1) is 5.25 Å². The van der Waals surface area contributed by atoms with Gasteiger partial charge in [0.2, 0.25) is 0 Å². The van der Waals surface area contributed by atoms with E-state index in [0.29, 0.717) is 0 Å². The molecule has 0 aliphatic rings. The molecule has 0 aromatic heterocycles. The first-order valence-corrected chi connectivity index (χ1v) is 7.94. The van der Waals surface area contributed by atoms with Crippen molar-refractivity contribution in [1.29, 1.82) is 0 Å². The quantitative estimate of drug-likeness (QED) is 0.857. The van der Waals surface area contributed by atoms with E-state index in [1.54, 1.807) is 12.1 Å². The molecule has 2 unspecified atom stereocenters. The van der Waals surface area contributed by atoms with Gasteiger partial charge in [-0.15, -0.1) is 11.8 Å². The van der Waals surface area contributed by atoms with Crippen LogP contribution in [0.5, 0.6) is 0 Å². The van der Waals surface area contributed by atoms with Crippen molar-refractivity contribution < 1.29 is 14.3 Å². The molecule has 0 fully saturated rings. The Hall–Kier alpha value is -1.85. The number of nitrogens with two attached hydrogens (primary N) is 1. The fraction of sp³-hybridized carbons (Fsp3) is 0.235. The Bertz CT molecular complexity index is 583. The highest BCUT2D eigenvalue weighted by Crippen LogP contribution is 2.36. The summed E-state index contributed by atoms with van der Waals surface area (Å²) >= 11 is 1.45. The van der Waals surface area contributed by atoms with Crippen LogP contribution in [-0.4, -0.2) is 22.9 Å². The zero-order valence-corrected chi connectivity index (χ0v) is 13.0. The van der Waals surface area contributed by atoms with Gasteiger partial charge in [0.25, 0.3) is 0 Å². The van der Waals surface area contributed by atoms with Crippen molar-refractivity contribution in [3.05, 3.63) is 71.0 Å². The molecule has 0 aliphatic carbocycles. The molecule has 0 saturated carbocycles. The molecule has 3 N–H and O–H groups in total. The van der Waals surface area contributed by atoms with Crippen LogP contribution in [0, 0.1) is 12.7 Å². The summed E-state index contributed by atoms with van der Waals surface area (Å²) < 4.78 is 13.1. The summed E-state index contributed by atoms with van der Waals surface area (Å²) in [7, 11) is 0. The molecule has 0 amide bonds. The highest BCUT2D eigenvalue weighted by molar-refractivity contribution is 7.99. The SMILES string of the molecule is Cc1ccc(C(SCC(N)C(=O)O)c2ccc(F)cc2)cc1. The molecule has 2 aromatic rings. The molecule has 22 heavy (non-hydrogen) atoms. The Labute approximate surface area is 133 Å². The van der Waals surface area contributed by atoms with Crippen molar-refractivity contribution >= 4 is 17.7 Å². The summed E-state index contributed by atoms with van der Waals surface area (Å²) in [6.45, 7) is 2.00. The normalized spacial score (nSPS) is 13.6. The highest BCUT2D eigenvalue weighted by atomic mass is 32.2. The molecule has 3 nitrogen and oxygen atoms in total. The number of thioether (sulfide) groups is 1. The number of aryl methyl sites for hydroxylation is 1. The molecular formula is C17H18FNO2S. The molecule has 116 valence electrons. The summed E-state index contributed by atoms with van der Waals surface area (Å²) in [6.07, 6.45) is 0. The molecule has 0 radical (unpaired) electrons. The van der Waals surface area contributed by atoms with E-state index in [0.717, 1.165) is 16.7 Å². The van der Waals surface area contributed by atoms with Gasteiger partial charge < -0.3 is 10.8 Å². The second kappa shape index (κ2) is 7.42. The Morgan fingerprint density at radius 1 is 1.14 bits per heavy atom. The van der Waals surface area contributed by atoms with Crippen LogP contribution in [0.2, 0.25) is 0 Å². The lowest BCUT2D eigenvalue weighted by Crippen LogP contribution is -2.32. The van der Waals surface area contributed by atoms with E-state index in [2.05, 4.69) is 0 Å². The van der Waals surface area contributed by atoms with Crippen LogP contribution in [0.25, 0.3) is 0 Å². The van der Waals surface area contributed by atoms with E-state index in [1.165, 1.54) is 23.9 Å². The monoisotopic (exact) mass is 319 g/mol. The van der Waals surface area contributed by atoms with Gasteiger partial charge in [-0.2, -0.15) is 0 Å².